The standard InChI is InChI=1S/C19H16F3N3O2/c20-19(21,22)16-5-2-1-4-15(16)18(27)23-12-17(26)13-6-8-14(9-7-13)25-11-3-10-24-25/h1-11,17,26H,12H2,(H,23,27). The Balaban J connectivity index is 1.66. The van der Waals surface area contributed by atoms with E-state index in [0.29, 0.717) is 5.56 Å². The molecule has 0 spiro atoms. The van der Waals surface area contributed by atoms with Crippen molar-refractivity contribution in [3.63, 3.8) is 0 Å². The lowest BCUT2D eigenvalue weighted by Gasteiger charge is -2.15. The Morgan fingerprint density at radius 3 is 2.44 bits per heavy atom. The quantitative estimate of drug-likeness (QED) is 0.719. The van der Waals surface area contributed by atoms with Crippen LogP contribution in [0.4, 0.5) is 13.2 Å². The zero-order valence-electron chi connectivity index (χ0n) is 14.0. The molecule has 1 unspecified atom stereocenters. The predicted octanol–water partition coefficient (Wildman–Crippen LogP) is 3.35. The van der Waals surface area contributed by atoms with E-state index in [-0.39, 0.29) is 6.54 Å². The number of aliphatic hydroxyl groups excluding tert-OH is 1. The molecule has 2 aromatic carbocycles. The van der Waals surface area contributed by atoms with Crippen LogP contribution in [-0.2, 0) is 6.18 Å². The fourth-order valence-electron chi connectivity index (χ4n) is 2.60. The third-order valence-corrected chi connectivity index (χ3v) is 3.98. The predicted molar refractivity (Wildman–Crippen MR) is 92.3 cm³/mol. The van der Waals surface area contributed by atoms with Gasteiger partial charge < -0.3 is 10.4 Å². The number of nitrogens with one attached hydrogen (secondary N) is 1. The lowest BCUT2D eigenvalue weighted by molar-refractivity contribution is -0.137. The second-order valence-electron chi connectivity index (χ2n) is 5.81. The molecule has 0 saturated heterocycles. The molecule has 0 fully saturated rings. The monoisotopic (exact) mass is 375 g/mol. The van der Waals surface area contributed by atoms with E-state index >= 15 is 0 Å². The van der Waals surface area contributed by atoms with Crippen molar-refractivity contribution in [1.82, 2.24) is 15.1 Å². The Kier molecular flexibility index (Phi) is 5.27. The Bertz CT molecular complexity index is 907. The minimum absolute atomic E-state index is 0.216. The summed E-state index contributed by atoms with van der Waals surface area (Å²) >= 11 is 0. The summed E-state index contributed by atoms with van der Waals surface area (Å²) in [6.07, 6.45) is -2.28. The first-order valence-corrected chi connectivity index (χ1v) is 8.09. The Morgan fingerprint density at radius 1 is 1.11 bits per heavy atom. The van der Waals surface area contributed by atoms with Crippen LogP contribution in [0.5, 0.6) is 0 Å². The summed E-state index contributed by atoms with van der Waals surface area (Å²) < 4.78 is 40.6. The molecule has 0 aliphatic rings. The van der Waals surface area contributed by atoms with Crippen molar-refractivity contribution in [1.29, 1.82) is 0 Å². The maximum atomic E-state index is 13.0. The molecule has 0 radical (unpaired) electrons. The molecule has 27 heavy (non-hydrogen) atoms. The highest BCUT2D eigenvalue weighted by atomic mass is 19.4. The number of aliphatic hydroxyl groups is 1. The Labute approximate surface area is 153 Å². The lowest BCUT2D eigenvalue weighted by atomic mass is 10.1. The highest BCUT2D eigenvalue weighted by Crippen LogP contribution is 2.31. The summed E-state index contributed by atoms with van der Waals surface area (Å²) in [5.41, 5.74) is -0.179. The van der Waals surface area contributed by atoms with E-state index in [1.54, 1.807) is 47.4 Å². The van der Waals surface area contributed by atoms with E-state index < -0.39 is 29.3 Å². The number of hydrogen-bond acceptors (Lipinski definition) is 3. The highest BCUT2D eigenvalue weighted by molar-refractivity contribution is 5.95. The van der Waals surface area contributed by atoms with Crippen LogP contribution < -0.4 is 5.32 Å². The molecule has 0 aliphatic heterocycles. The van der Waals surface area contributed by atoms with Gasteiger partial charge in [-0.2, -0.15) is 18.3 Å². The van der Waals surface area contributed by atoms with Crippen LogP contribution in [0.15, 0.2) is 67.0 Å². The average molecular weight is 375 g/mol. The Morgan fingerprint density at radius 2 is 1.81 bits per heavy atom. The van der Waals surface area contributed by atoms with E-state index in [1.807, 2.05) is 0 Å². The van der Waals surface area contributed by atoms with E-state index in [4.69, 9.17) is 0 Å². The van der Waals surface area contributed by atoms with E-state index in [2.05, 4.69) is 10.4 Å². The van der Waals surface area contributed by atoms with Gasteiger partial charge in [0, 0.05) is 18.9 Å². The van der Waals surface area contributed by atoms with Crippen LogP contribution in [0.2, 0.25) is 0 Å². The first-order valence-electron chi connectivity index (χ1n) is 8.09. The van der Waals surface area contributed by atoms with Gasteiger partial charge >= 0.3 is 6.18 Å². The molecule has 1 aromatic heterocycles. The fraction of sp³-hybridized carbons (Fsp3) is 0.158. The number of carbonyl (C=O) groups is 1. The van der Waals surface area contributed by atoms with Gasteiger partial charge in [0.15, 0.2) is 0 Å². The summed E-state index contributed by atoms with van der Waals surface area (Å²) in [6.45, 7) is -0.216. The van der Waals surface area contributed by atoms with Gasteiger partial charge in [0.25, 0.3) is 5.91 Å². The zero-order valence-corrected chi connectivity index (χ0v) is 14.0. The lowest BCUT2D eigenvalue weighted by Crippen LogP contribution is -2.30. The molecule has 0 aliphatic carbocycles. The number of carbonyl (C=O) groups excluding carboxylic acids is 1. The summed E-state index contributed by atoms with van der Waals surface area (Å²) in [6, 6.07) is 13.1. The van der Waals surface area contributed by atoms with Crippen molar-refractivity contribution < 1.29 is 23.1 Å². The van der Waals surface area contributed by atoms with Gasteiger partial charge in [-0.15, -0.1) is 0 Å². The van der Waals surface area contributed by atoms with Crippen molar-refractivity contribution in [2.24, 2.45) is 0 Å². The molecule has 5 nitrogen and oxygen atoms in total. The molecule has 1 amide bonds. The molecule has 0 bridgehead atoms. The van der Waals surface area contributed by atoms with Gasteiger partial charge in [-0.3, -0.25) is 4.79 Å². The second-order valence-corrected chi connectivity index (χ2v) is 5.81. The molecule has 1 atom stereocenters. The highest BCUT2D eigenvalue weighted by Gasteiger charge is 2.34. The van der Waals surface area contributed by atoms with E-state index in [1.165, 1.54) is 12.1 Å². The first kappa shape index (κ1) is 18.7. The van der Waals surface area contributed by atoms with E-state index in [9.17, 15) is 23.1 Å². The number of benzene rings is 2. The molecular formula is C19H16F3N3O2. The van der Waals surface area contributed by atoms with Crippen molar-refractivity contribution in [2.45, 2.75) is 12.3 Å². The fourth-order valence-corrected chi connectivity index (χ4v) is 2.60. The smallest absolute Gasteiger partial charge is 0.387 e. The third kappa shape index (κ3) is 4.35. The average Bonchev–Trinajstić information content (AvgIpc) is 3.20. The zero-order chi connectivity index (χ0) is 19.4. The molecule has 0 saturated carbocycles. The van der Waals surface area contributed by atoms with Gasteiger partial charge in [0.2, 0.25) is 0 Å². The van der Waals surface area contributed by atoms with Crippen LogP contribution >= 0.6 is 0 Å². The van der Waals surface area contributed by atoms with Crippen molar-refractivity contribution in [3.05, 3.63) is 83.7 Å². The van der Waals surface area contributed by atoms with Crippen molar-refractivity contribution in [3.8, 4) is 5.69 Å². The number of nitrogens with zero attached hydrogens (tertiary/aromatic N) is 2. The van der Waals surface area contributed by atoms with Crippen molar-refractivity contribution >= 4 is 5.91 Å². The number of aromatic nitrogens is 2. The third-order valence-electron chi connectivity index (χ3n) is 3.98. The maximum Gasteiger partial charge on any atom is 0.417 e. The molecule has 3 aromatic rings. The minimum atomic E-state index is -4.63. The van der Waals surface area contributed by atoms with Crippen molar-refractivity contribution in [2.75, 3.05) is 6.54 Å². The normalized spacial score (nSPS) is 12.6. The van der Waals surface area contributed by atoms with Crippen LogP contribution in [0.3, 0.4) is 0 Å². The van der Waals surface area contributed by atoms with Gasteiger partial charge in [-0.1, -0.05) is 24.3 Å². The number of halogens is 3. The minimum Gasteiger partial charge on any atom is -0.387 e. The molecule has 8 heteroatoms. The molecular weight excluding hydrogens is 359 g/mol. The molecule has 3 rings (SSSR count). The maximum absolute atomic E-state index is 13.0. The van der Waals surface area contributed by atoms with Crippen LogP contribution in [0.25, 0.3) is 5.69 Å². The molecule has 2 N–H and O–H groups in total. The number of alkyl halides is 3. The van der Waals surface area contributed by atoms with Crippen LogP contribution in [0.1, 0.15) is 27.6 Å². The second kappa shape index (κ2) is 7.63. The topological polar surface area (TPSA) is 67.2 Å². The van der Waals surface area contributed by atoms with Crippen LogP contribution in [-0.4, -0.2) is 27.3 Å². The largest absolute Gasteiger partial charge is 0.417 e. The van der Waals surface area contributed by atoms with Gasteiger partial charge in [-0.25, -0.2) is 4.68 Å². The molecule has 140 valence electrons. The Hall–Kier alpha value is -3.13. The number of amides is 1. The number of rotatable bonds is 5. The number of hydrogen-bond donors (Lipinski definition) is 2. The summed E-state index contributed by atoms with van der Waals surface area (Å²) in [5.74, 6) is -0.893. The summed E-state index contributed by atoms with van der Waals surface area (Å²) in [7, 11) is 0. The summed E-state index contributed by atoms with van der Waals surface area (Å²) in [4.78, 5) is 12.1. The van der Waals surface area contributed by atoms with E-state index in [0.717, 1.165) is 17.8 Å². The van der Waals surface area contributed by atoms with Crippen LogP contribution in [0, 0.1) is 0 Å². The first-order chi connectivity index (χ1) is 12.9. The van der Waals surface area contributed by atoms with Gasteiger partial charge in [0.1, 0.15) is 0 Å². The molecule has 1 heterocycles. The SMILES string of the molecule is O=C(NCC(O)c1ccc(-n2cccn2)cc1)c1ccccc1C(F)(F)F. The summed E-state index contributed by atoms with van der Waals surface area (Å²) in [5, 5.41) is 16.6. The van der Waals surface area contributed by atoms with Gasteiger partial charge in [-0.05, 0) is 35.9 Å². The van der Waals surface area contributed by atoms with Gasteiger partial charge in [0.05, 0.1) is 22.9 Å².